The Morgan fingerprint density at radius 2 is 1.86 bits per heavy atom. The second kappa shape index (κ2) is 10.0. The molecule has 10 nitrogen and oxygen atoms in total. The van der Waals surface area contributed by atoms with Crippen LogP contribution in [0.4, 0.5) is 5.69 Å². The molecular weight excluding hydrogens is 494 g/mol. The van der Waals surface area contributed by atoms with Gasteiger partial charge in [0.1, 0.15) is 5.69 Å². The number of aromatic nitrogens is 3. The van der Waals surface area contributed by atoms with Gasteiger partial charge < -0.3 is 14.4 Å². The van der Waals surface area contributed by atoms with Gasteiger partial charge in [-0.05, 0) is 43.9 Å². The summed E-state index contributed by atoms with van der Waals surface area (Å²) in [6, 6.07) is 11.4. The lowest BCUT2D eigenvalue weighted by molar-refractivity contribution is -0.0782. The molecule has 11 heteroatoms. The normalized spacial score (nSPS) is 18.1. The van der Waals surface area contributed by atoms with Crippen LogP contribution >= 0.6 is 0 Å². The van der Waals surface area contributed by atoms with Crippen molar-refractivity contribution < 1.29 is 22.7 Å². The molecule has 1 saturated heterocycles. The number of amides is 1. The number of methoxy groups -OCH3 is 2. The summed E-state index contributed by atoms with van der Waals surface area (Å²) >= 11 is 0. The van der Waals surface area contributed by atoms with Gasteiger partial charge in [-0.2, -0.15) is 5.10 Å². The second-order valence-electron chi connectivity index (χ2n) is 10.00. The summed E-state index contributed by atoms with van der Waals surface area (Å²) in [6.07, 6.45) is 5.71. The highest BCUT2D eigenvalue weighted by molar-refractivity contribution is 7.89. The van der Waals surface area contributed by atoms with Crippen LogP contribution in [0.15, 0.2) is 36.4 Å². The Morgan fingerprint density at radius 3 is 2.43 bits per heavy atom. The third-order valence-corrected chi connectivity index (χ3v) is 8.06. The largest absolute Gasteiger partial charge is 0.382 e. The maximum absolute atomic E-state index is 13.0. The highest BCUT2D eigenvalue weighted by atomic mass is 32.2. The minimum Gasteiger partial charge on any atom is -0.382 e. The molecule has 1 N–H and O–H groups in total. The minimum atomic E-state index is -3.76. The van der Waals surface area contributed by atoms with Gasteiger partial charge in [-0.1, -0.05) is 24.6 Å². The van der Waals surface area contributed by atoms with Crippen LogP contribution in [0.5, 0.6) is 0 Å². The first-order chi connectivity index (χ1) is 17.7. The Balaban J connectivity index is 1.67. The molecule has 0 atom stereocenters. The summed E-state index contributed by atoms with van der Waals surface area (Å²) in [5.74, 6) is -0.445. The van der Waals surface area contributed by atoms with Crippen molar-refractivity contribution in [3.63, 3.8) is 0 Å². The number of nitrogens with one attached hydrogen (secondary N) is 1. The Kier molecular flexibility index (Phi) is 6.95. The summed E-state index contributed by atoms with van der Waals surface area (Å²) < 4.78 is 38.8. The van der Waals surface area contributed by atoms with Crippen molar-refractivity contribution in [1.29, 1.82) is 0 Å². The molecule has 37 heavy (non-hydrogen) atoms. The van der Waals surface area contributed by atoms with Gasteiger partial charge >= 0.3 is 0 Å². The molecular formula is C26H33N5O5S. The highest BCUT2D eigenvalue weighted by Crippen LogP contribution is 2.43. The Hall–Kier alpha value is -3.02. The maximum atomic E-state index is 13.0. The molecule has 2 aromatic heterocycles. The lowest BCUT2D eigenvalue weighted by Gasteiger charge is -2.41. The van der Waals surface area contributed by atoms with Gasteiger partial charge in [0.05, 0.1) is 40.9 Å². The molecule has 0 spiro atoms. The van der Waals surface area contributed by atoms with E-state index in [1.54, 1.807) is 25.0 Å². The Labute approximate surface area is 217 Å². The minimum absolute atomic E-state index is 0.0330. The molecule has 1 aliphatic carbocycles. The molecule has 0 bridgehead atoms. The molecule has 198 valence electrons. The smallest absolute Gasteiger partial charge is 0.283 e. The number of rotatable bonds is 8. The molecule has 1 aliphatic heterocycles. The number of carbonyl (C=O) groups is 1. The number of anilines is 1. The van der Waals surface area contributed by atoms with Crippen molar-refractivity contribution in [2.24, 2.45) is 0 Å². The molecule has 3 heterocycles. The van der Waals surface area contributed by atoms with Crippen LogP contribution in [0.2, 0.25) is 0 Å². The number of ether oxygens (including phenoxy) is 2. The topological polar surface area (TPSA) is 116 Å². The van der Waals surface area contributed by atoms with Gasteiger partial charge in [0.2, 0.25) is 10.0 Å². The first-order valence-corrected chi connectivity index (χ1v) is 14.4. The van der Waals surface area contributed by atoms with Crippen LogP contribution in [0, 0.1) is 0 Å². The Bertz CT molecular complexity index is 1390. The molecule has 2 fully saturated rings. The lowest BCUT2D eigenvalue weighted by atomic mass is 9.81. The van der Waals surface area contributed by atoms with Crippen LogP contribution in [0.25, 0.3) is 16.7 Å². The van der Waals surface area contributed by atoms with Gasteiger partial charge in [0, 0.05) is 33.2 Å². The number of fused-ring (bicyclic) bond motifs is 1. The summed E-state index contributed by atoms with van der Waals surface area (Å²) in [7, 11) is -0.369. The van der Waals surface area contributed by atoms with Crippen molar-refractivity contribution in [2.45, 2.75) is 43.6 Å². The van der Waals surface area contributed by atoms with Crippen molar-refractivity contribution in [3.8, 4) is 5.69 Å². The fourth-order valence-corrected chi connectivity index (χ4v) is 5.69. The molecule has 5 rings (SSSR count). The quantitative estimate of drug-likeness (QED) is 0.475. The van der Waals surface area contributed by atoms with Crippen LogP contribution in [0.1, 0.15) is 54.2 Å². The zero-order valence-corrected chi connectivity index (χ0v) is 22.3. The Morgan fingerprint density at radius 1 is 1.16 bits per heavy atom. The molecule has 1 amide bonds. The zero-order valence-electron chi connectivity index (χ0n) is 21.4. The average molecular weight is 528 g/mol. The number of sulfonamides is 1. The third kappa shape index (κ3) is 5.07. The van der Waals surface area contributed by atoms with Gasteiger partial charge in [0.15, 0.2) is 5.65 Å². The van der Waals surface area contributed by atoms with E-state index in [-0.39, 0.29) is 11.3 Å². The monoisotopic (exact) mass is 527 g/mol. The van der Waals surface area contributed by atoms with E-state index in [0.29, 0.717) is 31.3 Å². The van der Waals surface area contributed by atoms with E-state index in [4.69, 9.17) is 14.6 Å². The standard InChI is InChI=1S/C26H33N5O5S/c1-35-17-26(36-2)12-14-30(15-13-26)21-16-20(25(32)29-37(3,33)34)27-24-22(21)23(18-8-7-9-18)28-31(24)19-10-5-4-6-11-19/h4-6,10-11,16,18H,7-9,12-15,17H2,1-3H3,(H,29,32). The van der Waals surface area contributed by atoms with E-state index in [1.165, 1.54) is 0 Å². The third-order valence-electron chi connectivity index (χ3n) is 7.50. The van der Waals surface area contributed by atoms with E-state index >= 15 is 0 Å². The molecule has 1 saturated carbocycles. The number of hydrogen-bond acceptors (Lipinski definition) is 8. The van der Waals surface area contributed by atoms with Gasteiger partial charge in [-0.15, -0.1) is 0 Å². The molecule has 3 aromatic rings. The average Bonchev–Trinajstić information content (AvgIpc) is 3.22. The summed E-state index contributed by atoms with van der Waals surface area (Å²) in [4.78, 5) is 19.9. The van der Waals surface area contributed by atoms with Crippen molar-refractivity contribution in [2.75, 3.05) is 45.1 Å². The molecule has 1 aromatic carbocycles. The van der Waals surface area contributed by atoms with Gasteiger partial charge in [-0.25, -0.2) is 22.8 Å². The van der Waals surface area contributed by atoms with Crippen molar-refractivity contribution >= 4 is 32.7 Å². The van der Waals surface area contributed by atoms with Crippen LogP contribution in [-0.2, 0) is 19.5 Å². The SMILES string of the molecule is COCC1(OC)CCN(c2cc(C(=O)NS(C)(=O)=O)nc3c2c(C2CCC2)nn3-c2ccccc2)CC1. The van der Waals surface area contributed by atoms with E-state index < -0.39 is 15.9 Å². The number of hydrogen-bond donors (Lipinski definition) is 1. The fraction of sp³-hybridized carbons (Fsp3) is 0.500. The van der Waals surface area contributed by atoms with Crippen molar-refractivity contribution in [1.82, 2.24) is 19.5 Å². The van der Waals surface area contributed by atoms with Gasteiger partial charge in [0.25, 0.3) is 5.91 Å². The summed E-state index contributed by atoms with van der Waals surface area (Å²) in [6.45, 7) is 1.87. The number of carbonyl (C=O) groups excluding carboxylic acids is 1. The summed E-state index contributed by atoms with van der Waals surface area (Å²) in [5, 5.41) is 5.94. The van der Waals surface area contributed by atoms with E-state index in [2.05, 4.69) is 14.6 Å². The number of nitrogens with zero attached hydrogens (tertiary/aromatic N) is 4. The number of benzene rings is 1. The zero-order chi connectivity index (χ0) is 26.2. The lowest BCUT2D eigenvalue weighted by Crippen LogP contribution is -2.48. The van der Waals surface area contributed by atoms with E-state index in [9.17, 15) is 13.2 Å². The number of pyridine rings is 1. The fourth-order valence-electron chi connectivity index (χ4n) is 5.25. The molecule has 0 unspecified atom stereocenters. The summed E-state index contributed by atoms with van der Waals surface area (Å²) in [5.41, 5.74) is 2.86. The predicted octanol–water partition coefficient (Wildman–Crippen LogP) is 3.01. The number of piperidine rings is 1. The maximum Gasteiger partial charge on any atom is 0.283 e. The first kappa shape index (κ1) is 25.6. The predicted molar refractivity (Wildman–Crippen MR) is 141 cm³/mol. The van der Waals surface area contributed by atoms with E-state index in [1.807, 2.05) is 30.3 Å². The van der Waals surface area contributed by atoms with Crippen molar-refractivity contribution in [3.05, 3.63) is 47.8 Å². The van der Waals surface area contributed by atoms with Crippen LogP contribution in [-0.4, -0.2) is 74.9 Å². The van der Waals surface area contributed by atoms with E-state index in [0.717, 1.165) is 60.8 Å². The molecule has 2 aliphatic rings. The van der Waals surface area contributed by atoms with Crippen LogP contribution in [0.3, 0.4) is 0 Å². The van der Waals surface area contributed by atoms with Gasteiger partial charge in [-0.3, -0.25) is 4.79 Å². The second-order valence-corrected chi connectivity index (χ2v) is 11.7. The highest BCUT2D eigenvalue weighted by Gasteiger charge is 2.37. The van der Waals surface area contributed by atoms with Crippen LogP contribution < -0.4 is 9.62 Å². The molecule has 0 radical (unpaired) electrons. The first-order valence-electron chi connectivity index (χ1n) is 12.5. The number of para-hydroxylation sites is 1.